The molecule has 1 saturated heterocycles. The molecule has 27 heavy (non-hydrogen) atoms. The van der Waals surface area contributed by atoms with Gasteiger partial charge in [0, 0.05) is 52.0 Å². The number of guanidine groups is 1. The van der Waals surface area contributed by atoms with Crippen LogP contribution in [-0.4, -0.2) is 60.1 Å². The normalized spacial score (nSPS) is 16.0. The second kappa shape index (κ2) is 10.9. The van der Waals surface area contributed by atoms with E-state index in [-0.39, 0.29) is 11.8 Å². The van der Waals surface area contributed by atoms with Crippen molar-refractivity contribution in [2.45, 2.75) is 58.8 Å². The number of carbonyl (C=O) groups is 1. The minimum Gasteiger partial charge on any atom is -0.359 e. The van der Waals surface area contributed by atoms with Crippen LogP contribution in [0.5, 0.6) is 0 Å². The van der Waals surface area contributed by atoms with Gasteiger partial charge in [-0.15, -0.1) is 0 Å². The first-order valence-corrected chi connectivity index (χ1v) is 10.1. The number of amides is 1. The van der Waals surface area contributed by atoms with E-state index in [1.54, 1.807) is 7.05 Å². The minimum absolute atomic E-state index is 0.135. The summed E-state index contributed by atoms with van der Waals surface area (Å²) in [6.07, 6.45) is 4.30. The monoisotopic (exact) mass is 378 g/mol. The van der Waals surface area contributed by atoms with Crippen LogP contribution >= 0.6 is 0 Å². The molecule has 0 atom stereocenters. The number of aromatic nitrogens is 2. The first kappa shape index (κ1) is 21.2. The highest BCUT2D eigenvalue weighted by atomic mass is 16.5. The second-order valence-electron chi connectivity index (χ2n) is 7.35. The zero-order chi connectivity index (χ0) is 19.6. The van der Waals surface area contributed by atoms with Gasteiger partial charge in [0.1, 0.15) is 0 Å². The molecule has 0 spiro atoms. The molecule has 0 saturated carbocycles. The Morgan fingerprint density at radius 1 is 1.37 bits per heavy atom. The summed E-state index contributed by atoms with van der Waals surface area (Å²) in [5.74, 6) is 3.30. The zero-order valence-corrected chi connectivity index (χ0v) is 17.1. The molecule has 1 fully saturated rings. The Balaban J connectivity index is 1.79. The Bertz CT molecular complexity index is 605. The second-order valence-corrected chi connectivity index (χ2v) is 7.35. The number of hydrogen-bond donors (Lipinski definition) is 2. The highest BCUT2D eigenvalue weighted by molar-refractivity contribution is 5.80. The highest BCUT2D eigenvalue weighted by Gasteiger charge is 2.23. The number of rotatable bonds is 8. The molecule has 1 amide bonds. The summed E-state index contributed by atoms with van der Waals surface area (Å²) in [5.41, 5.74) is 0. The van der Waals surface area contributed by atoms with Gasteiger partial charge >= 0.3 is 0 Å². The molecule has 152 valence electrons. The first-order chi connectivity index (χ1) is 13.0. The fourth-order valence-corrected chi connectivity index (χ4v) is 3.16. The van der Waals surface area contributed by atoms with E-state index >= 15 is 0 Å². The molecule has 0 aliphatic carbocycles. The van der Waals surface area contributed by atoms with Gasteiger partial charge in [-0.25, -0.2) is 0 Å². The van der Waals surface area contributed by atoms with Crippen LogP contribution in [0.3, 0.4) is 0 Å². The van der Waals surface area contributed by atoms with Crippen LogP contribution in [-0.2, 0) is 11.2 Å². The number of hydrogen-bond acceptors (Lipinski definition) is 5. The van der Waals surface area contributed by atoms with Gasteiger partial charge < -0.3 is 20.1 Å². The topological polar surface area (TPSA) is 95.7 Å². The lowest BCUT2D eigenvalue weighted by Gasteiger charge is -2.34. The van der Waals surface area contributed by atoms with Gasteiger partial charge in [0.2, 0.25) is 11.8 Å². The van der Waals surface area contributed by atoms with E-state index in [2.05, 4.69) is 46.4 Å². The molecule has 0 aromatic carbocycles. The highest BCUT2D eigenvalue weighted by Crippen LogP contribution is 2.20. The Kier molecular flexibility index (Phi) is 8.54. The van der Waals surface area contributed by atoms with Crippen LogP contribution in [0.2, 0.25) is 0 Å². The average Bonchev–Trinajstić information content (AvgIpc) is 3.14. The molecular weight excluding hydrogens is 344 g/mol. The summed E-state index contributed by atoms with van der Waals surface area (Å²) >= 11 is 0. The summed E-state index contributed by atoms with van der Waals surface area (Å²) in [6.45, 7) is 9.64. The number of nitrogens with zero attached hydrogens (tertiary/aromatic N) is 4. The maximum absolute atomic E-state index is 11.5. The van der Waals surface area contributed by atoms with Gasteiger partial charge in [-0.3, -0.25) is 9.79 Å². The molecule has 8 heteroatoms. The lowest BCUT2D eigenvalue weighted by molar-refractivity contribution is -0.121. The summed E-state index contributed by atoms with van der Waals surface area (Å²) in [6, 6.07) is 0. The van der Waals surface area contributed by atoms with E-state index in [1.807, 2.05) is 0 Å². The summed E-state index contributed by atoms with van der Waals surface area (Å²) < 4.78 is 5.28. The van der Waals surface area contributed by atoms with Crippen molar-refractivity contribution >= 4 is 11.9 Å². The Morgan fingerprint density at radius 3 is 2.70 bits per heavy atom. The molecule has 0 unspecified atom stereocenters. The smallest absolute Gasteiger partial charge is 0.226 e. The van der Waals surface area contributed by atoms with Gasteiger partial charge in [0.15, 0.2) is 11.8 Å². The van der Waals surface area contributed by atoms with E-state index in [9.17, 15) is 4.79 Å². The maximum Gasteiger partial charge on any atom is 0.226 e. The van der Waals surface area contributed by atoms with E-state index < -0.39 is 0 Å². The van der Waals surface area contributed by atoms with Crippen molar-refractivity contribution in [3.05, 3.63) is 11.7 Å². The Labute approximate surface area is 162 Å². The molecule has 1 aliphatic rings. The number of piperidine rings is 1. The number of carbonyl (C=O) groups excluding carboxylic acids is 1. The van der Waals surface area contributed by atoms with Crippen LogP contribution < -0.4 is 10.6 Å². The number of aryl methyl sites for hydroxylation is 1. The van der Waals surface area contributed by atoms with Crippen LogP contribution in [0.1, 0.15) is 64.1 Å². The van der Waals surface area contributed by atoms with E-state index in [0.29, 0.717) is 18.2 Å². The molecule has 1 aliphatic heterocycles. The minimum atomic E-state index is 0.135. The lowest BCUT2D eigenvalue weighted by Crippen LogP contribution is -2.46. The molecule has 2 heterocycles. The molecule has 1 aromatic rings. The zero-order valence-electron chi connectivity index (χ0n) is 17.1. The first-order valence-electron chi connectivity index (χ1n) is 10.1. The van der Waals surface area contributed by atoms with Crippen molar-refractivity contribution in [3.8, 4) is 0 Å². The summed E-state index contributed by atoms with van der Waals surface area (Å²) in [5, 5.41) is 10.1. The van der Waals surface area contributed by atoms with Crippen molar-refractivity contribution in [2.24, 2.45) is 10.9 Å². The van der Waals surface area contributed by atoms with Gasteiger partial charge in [-0.2, -0.15) is 4.98 Å². The fraction of sp³-hybridized carbons (Fsp3) is 0.789. The van der Waals surface area contributed by atoms with E-state index in [1.165, 1.54) is 0 Å². The van der Waals surface area contributed by atoms with E-state index in [4.69, 9.17) is 9.52 Å². The number of aliphatic imine (C=N–C) groups is 1. The molecule has 0 bridgehead atoms. The van der Waals surface area contributed by atoms with Crippen molar-refractivity contribution in [1.29, 1.82) is 0 Å². The van der Waals surface area contributed by atoms with E-state index in [0.717, 1.165) is 63.6 Å². The molecule has 0 radical (unpaired) electrons. The van der Waals surface area contributed by atoms with Crippen molar-refractivity contribution < 1.29 is 9.32 Å². The van der Waals surface area contributed by atoms with Crippen LogP contribution in [0.4, 0.5) is 0 Å². The molecule has 2 N–H and O–H groups in total. The quantitative estimate of drug-likeness (QED) is 0.408. The molecule has 1 aromatic heterocycles. The maximum atomic E-state index is 11.5. The average molecular weight is 379 g/mol. The van der Waals surface area contributed by atoms with Crippen LogP contribution in [0.25, 0.3) is 0 Å². The summed E-state index contributed by atoms with van der Waals surface area (Å²) in [4.78, 5) is 23.0. The third-order valence-electron chi connectivity index (χ3n) is 4.81. The standard InChI is InChI=1S/C19H34N6O2/c1-5-21-19(25-11-8-15(9-12-25)13-16(26)20-4)22-10-6-7-17-23-18(14(2)3)24-27-17/h14-15H,5-13H2,1-4H3,(H,20,26)(H,21,22). The predicted molar refractivity (Wildman–Crippen MR) is 106 cm³/mol. The number of nitrogens with one attached hydrogen (secondary N) is 2. The SMILES string of the molecule is CCNC(=NCCCc1nc(C(C)C)no1)N1CCC(CC(=O)NC)CC1. The van der Waals surface area contributed by atoms with Gasteiger partial charge in [-0.05, 0) is 32.1 Å². The van der Waals surface area contributed by atoms with Crippen molar-refractivity contribution in [3.63, 3.8) is 0 Å². The van der Waals surface area contributed by atoms with Gasteiger partial charge in [0.25, 0.3) is 0 Å². The van der Waals surface area contributed by atoms with Gasteiger partial charge in [-0.1, -0.05) is 19.0 Å². The third-order valence-corrected chi connectivity index (χ3v) is 4.81. The fourth-order valence-electron chi connectivity index (χ4n) is 3.16. The molecular formula is C19H34N6O2. The Morgan fingerprint density at radius 2 is 2.11 bits per heavy atom. The predicted octanol–water partition coefficient (Wildman–Crippen LogP) is 1.94. The number of likely N-dealkylation sites (tertiary alicyclic amines) is 1. The van der Waals surface area contributed by atoms with Crippen LogP contribution in [0.15, 0.2) is 9.52 Å². The van der Waals surface area contributed by atoms with Crippen LogP contribution in [0, 0.1) is 5.92 Å². The summed E-state index contributed by atoms with van der Waals surface area (Å²) in [7, 11) is 1.70. The molecule has 8 nitrogen and oxygen atoms in total. The van der Waals surface area contributed by atoms with Crippen molar-refractivity contribution in [1.82, 2.24) is 25.7 Å². The third kappa shape index (κ3) is 6.84. The lowest BCUT2D eigenvalue weighted by atomic mass is 9.93. The largest absolute Gasteiger partial charge is 0.359 e. The Hall–Kier alpha value is -2.12. The van der Waals surface area contributed by atoms with Gasteiger partial charge in [0.05, 0.1) is 0 Å². The van der Waals surface area contributed by atoms with Crippen molar-refractivity contribution in [2.75, 3.05) is 33.2 Å². The molecule has 2 rings (SSSR count).